The van der Waals surface area contributed by atoms with Crippen molar-refractivity contribution in [3.8, 4) is 0 Å². The minimum atomic E-state index is -2.44. The molecule has 7 heteroatoms. The standard InChI is InChI=1S/C4H6O6.Cu/c5-1(3(7)8)2(6)4(9)10;/h1-2,5-6H,(H,7,8)(H,9,10);/q;+2/p-1. The predicted molar refractivity (Wildman–Crippen MR) is 23.1 cm³/mol. The van der Waals surface area contributed by atoms with Gasteiger partial charge in [-0.3, -0.25) is 0 Å². The van der Waals surface area contributed by atoms with E-state index in [-0.39, 0.29) is 18.5 Å². The van der Waals surface area contributed by atoms with Gasteiger partial charge in [0, 0.05) is 0 Å². The molecule has 0 heterocycles. The van der Waals surface area contributed by atoms with E-state index in [2.05, 4.69) is 0 Å². The Morgan fingerprint density at radius 3 is 1.36 bits per heavy atom. The van der Waals surface area contributed by atoms with Crippen LogP contribution < -0.4 is 10.2 Å². The molecule has 0 aliphatic carbocycles. The fourth-order valence-corrected chi connectivity index (χ4v) is 0.258. The Morgan fingerprint density at radius 2 is 1.27 bits per heavy atom. The number of carbonyl (C=O) groups excluding carboxylic acids is 2. The fourth-order valence-electron chi connectivity index (χ4n) is 0.258. The average Bonchev–Trinajstić information content (AvgIpc) is 1.84. The van der Waals surface area contributed by atoms with Gasteiger partial charge in [0.25, 0.3) is 0 Å². The summed E-state index contributed by atoms with van der Waals surface area (Å²) in [6.07, 6.45) is -4.88. The number of rotatable bonds is 3. The minimum absolute atomic E-state index is 0. The van der Waals surface area contributed by atoms with Crippen molar-refractivity contribution in [3.63, 3.8) is 0 Å². The van der Waals surface area contributed by atoms with Crippen LogP contribution in [0.4, 0.5) is 0 Å². The third-order valence-electron chi connectivity index (χ3n) is 0.782. The number of aliphatic hydroxyl groups excluding tert-OH is 2. The molecule has 2 unspecified atom stereocenters. The Bertz CT molecular complexity index is 144. The van der Waals surface area contributed by atoms with Crippen LogP contribution in [0.1, 0.15) is 1.43 Å². The summed E-state index contributed by atoms with van der Waals surface area (Å²) in [5.74, 6) is -4.12. The number of carbonyl (C=O) groups is 2. The van der Waals surface area contributed by atoms with Crippen LogP contribution in [-0.4, -0.2) is 34.4 Å². The van der Waals surface area contributed by atoms with Crippen molar-refractivity contribution in [1.29, 1.82) is 0 Å². The van der Waals surface area contributed by atoms with Gasteiger partial charge in [-0.15, -0.1) is 0 Å². The zero-order chi connectivity index (χ0) is 8.31. The molecule has 0 fully saturated rings. The van der Waals surface area contributed by atoms with Gasteiger partial charge in [0.15, 0.2) is 0 Å². The van der Waals surface area contributed by atoms with E-state index >= 15 is 0 Å². The molecule has 0 aliphatic rings. The van der Waals surface area contributed by atoms with E-state index in [0.29, 0.717) is 0 Å². The van der Waals surface area contributed by atoms with Gasteiger partial charge in [-0.25, -0.2) is 0 Å². The first kappa shape index (κ1) is 13.0. The molecule has 0 rings (SSSR count). The summed E-state index contributed by atoms with van der Waals surface area (Å²) in [5, 5.41) is 35.7. The molecule has 6 nitrogen and oxygen atoms in total. The van der Waals surface area contributed by atoms with Gasteiger partial charge < -0.3 is 30.0 Å². The van der Waals surface area contributed by atoms with E-state index in [1.165, 1.54) is 0 Å². The third-order valence-corrected chi connectivity index (χ3v) is 0.782. The van der Waals surface area contributed by atoms with E-state index in [4.69, 9.17) is 10.2 Å². The molecule has 67 valence electrons. The van der Waals surface area contributed by atoms with Crippen LogP contribution in [0.2, 0.25) is 0 Å². The molecule has 11 heavy (non-hydrogen) atoms. The van der Waals surface area contributed by atoms with Crippen molar-refractivity contribution in [2.75, 3.05) is 0 Å². The first-order valence-electron chi connectivity index (χ1n) is 2.24. The molecule has 0 amide bonds. The maximum atomic E-state index is 9.63. The molecule has 0 aromatic carbocycles. The van der Waals surface area contributed by atoms with Crippen molar-refractivity contribution >= 4 is 11.9 Å². The summed E-state index contributed by atoms with van der Waals surface area (Å²) in [5.41, 5.74) is 0. The van der Waals surface area contributed by atoms with Crippen molar-refractivity contribution in [2.24, 2.45) is 0 Å². The zero-order valence-corrected chi connectivity index (χ0v) is 5.93. The van der Waals surface area contributed by atoms with Gasteiger partial charge in [0.2, 0.25) is 0 Å². The molecule has 0 saturated carbocycles. The van der Waals surface area contributed by atoms with Gasteiger partial charge >= 0.3 is 18.5 Å². The number of carboxylic acid groups (broad SMARTS) is 2. The molecule has 0 bridgehead atoms. The summed E-state index contributed by atoms with van der Waals surface area (Å²) >= 11 is 0. The Morgan fingerprint density at radius 1 is 1.09 bits per heavy atom. The number of aliphatic carboxylic acids is 2. The van der Waals surface area contributed by atoms with E-state index in [1.807, 2.05) is 0 Å². The zero-order valence-electron chi connectivity index (χ0n) is 5.98. The normalized spacial score (nSPS) is 14.4. The molecule has 0 aromatic heterocycles. The maximum Gasteiger partial charge on any atom is 2.00 e. The fraction of sp³-hybridized carbons (Fsp3) is 0.500. The molecule has 1 radical (unpaired) electrons. The van der Waals surface area contributed by atoms with E-state index in [9.17, 15) is 19.8 Å². The summed E-state index contributed by atoms with van der Waals surface area (Å²) in [4.78, 5) is 19.3. The van der Waals surface area contributed by atoms with Crippen molar-refractivity contribution < 1.29 is 48.5 Å². The van der Waals surface area contributed by atoms with Crippen LogP contribution >= 0.6 is 0 Å². The Balaban J connectivity index is -0.000000405. The molecular weight excluding hydrogens is 208 g/mol. The second kappa shape index (κ2) is 5.09. The summed E-state index contributed by atoms with van der Waals surface area (Å²) in [6.45, 7) is 0. The molecule has 2 atom stereocenters. The molecule has 0 spiro atoms. The molecule has 0 saturated heterocycles. The van der Waals surface area contributed by atoms with Crippen LogP contribution in [0.25, 0.3) is 0 Å². The van der Waals surface area contributed by atoms with Crippen LogP contribution in [0, 0.1) is 0 Å². The minimum Gasteiger partial charge on any atom is -0.547 e. The van der Waals surface area contributed by atoms with Crippen molar-refractivity contribution in [2.45, 2.75) is 12.2 Å². The first-order valence-corrected chi connectivity index (χ1v) is 2.24. The third kappa shape index (κ3) is 3.94. The van der Waals surface area contributed by atoms with Gasteiger partial charge in [0.05, 0.1) is 11.9 Å². The number of carboxylic acids is 2. The van der Waals surface area contributed by atoms with E-state index in [0.717, 1.165) is 0 Å². The average molecular weight is 213 g/mol. The summed E-state index contributed by atoms with van der Waals surface area (Å²) in [7, 11) is 0. The maximum absolute atomic E-state index is 9.63. The van der Waals surface area contributed by atoms with Crippen LogP contribution in [-0.2, 0) is 26.7 Å². The van der Waals surface area contributed by atoms with Crippen molar-refractivity contribution in [3.05, 3.63) is 0 Å². The SMILES string of the molecule is O=C([O-])C(O)C(O)C(=O)[O-].[Cu+2].[H+]. The number of hydrogen-bond donors (Lipinski definition) is 2. The summed E-state index contributed by atoms with van der Waals surface area (Å²) in [6, 6.07) is 0. The Kier molecular flexibility index (Phi) is 6.01. The first-order chi connectivity index (χ1) is 4.46. The number of aliphatic hydroxyl groups is 2. The monoisotopic (exact) mass is 212 g/mol. The topological polar surface area (TPSA) is 121 Å². The predicted octanol–water partition coefficient (Wildman–Crippen LogP) is -4.68. The quantitative estimate of drug-likeness (QED) is 0.454. The van der Waals surface area contributed by atoms with Crippen LogP contribution in [0.3, 0.4) is 0 Å². The second-order valence-corrected chi connectivity index (χ2v) is 1.53. The van der Waals surface area contributed by atoms with Crippen LogP contribution in [0.15, 0.2) is 0 Å². The number of hydrogen-bond acceptors (Lipinski definition) is 6. The van der Waals surface area contributed by atoms with Crippen molar-refractivity contribution in [1.82, 2.24) is 0 Å². The second-order valence-electron chi connectivity index (χ2n) is 1.53. The van der Waals surface area contributed by atoms with Gasteiger partial charge in [-0.1, -0.05) is 0 Å². The molecule has 0 aromatic rings. The van der Waals surface area contributed by atoms with E-state index in [1.54, 1.807) is 0 Å². The Labute approximate surface area is 73.4 Å². The molecule has 2 N–H and O–H groups in total. The van der Waals surface area contributed by atoms with E-state index < -0.39 is 24.1 Å². The molecular formula is C4H5CuO6+. The smallest absolute Gasteiger partial charge is 0.547 e. The van der Waals surface area contributed by atoms with Crippen LogP contribution in [0.5, 0.6) is 0 Å². The Hall–Kier alpha value is -0.621. The van der Waals surface area contributed by atoms with Gasteiger partial charge in [0.1, 0.15) is 12.2 Å². The largest absolute Gasteiger partial charge is 2.00 e. The molecule has 0 aliphatic heterocycles. The summed E-state index contributed by atoms with van der Waals surface area (Å²) < 4.78 is 0. The van der Waals surface area contributed by atoms with Gasteiger partial charge in [-0.05, 0) is 0 Å². The van der Waals surface area contributed by atoms with Gasteiger partial charge in [-0.2, -0.15) is 0 Å².